The standard InChI is InChI=1S/C27H34N2O/c1-3-28(4-2)27(30)24-13-11-21(12-14-24)19-23-15-17-29(18-16-23)26-8-6-5-7-25(26)20-22-9-10-22/h5-8,11-14,19,22H,3-4,9-10,15-18,20H2,1-2H3. The van der Waals surface area contributed by atoms with Gasteiger partial charge in [-0.15, -0.1) is 0 Å². The minimum atomic E-state index is 0.123. The maximum absolute atomic E-state index is 12.5. The Balaban J connectivity index is 1.38. The zero-order valence-electron chi connectivity index (χ0n) is 18.4. The molecule has 2 aromatic carbocycles. The van der Waals surface area contributed by atoms with Crippen LogP contribution in [0.1, 0.15) is 61.0 Å². The van der Waals surface area contributed by atoms with Crippen molar-refractivity contribution in [1.82, 2.24) is 4.90 Å². The third-order valence-corrected chi connectivity index (χ3v) is 6.52. The Kier molecular flexibility index (Phi) is 6.56. The molecule has 1 amide bonds. The van der Waals surface area contributed by atoms with E-state index < -0.39 is 0 Å². The van der Waals surface area contributed by atoms with Crippen LogP contribution in [0.5, 0.6) is 0 Å². The molecule has 0 bridgehead atoms. The number of para-hydroxylation sites is 1. The Morgan fingerprint density at radius 3 is 2.30 bits per heavy atom. The van der Waals surface area contributed by atoms with Crippen molar-refractivity contribution >= 4 is 17.7 Å². The van der Waals surface area contributed by atoms with Crippen molar-refractivity contribution in [2.75, 3.05) is 31.1 Å². The Morgan fingerprint density at radius 2 is 1.67 bits per heavy atom. The number of hydrogen-bond acceptors (Lipinski definition) is 2. The zero-order valence-corrected chi connectivity index (χ0v) is 18.4. The predicted molar refractivity (Wildman–Crippen MR) is 126 cm³/mol. The van der Waals surface area contributed by atoms with E-state index in [2.05, 4.69) is 47.4 Å². The minimum absolute atomic E-state index is 0.123. The molecular weight excluding hydrogens is 368 g/mol. The molecule has 158 valence electrons. The van der Waals surface area contributed by atoms with E-state index in [-0.39, 0.29) is 5.91 Å². The Hall–Kier alpha value is -2.55. The molecule has 1 saturated carbocycles. The quantitative estimate of drug-likeness (QED) is 0.584. The number of anilines is 1. The number of carbonyl (C=O) groups is 1. The summed E-state index contributed by atoms with van der Waals surface area (Å²) >= 11 is 0. The fourth-order valence-electron chi connectivity index (χ4n) is 4.46. The summed E-state index contributed by atoms with van der Waals surface area (Å²) in [6.07, 6.45) is 8.59. The fraction of sp³-hybridized carbons (Fsp3) is 0.444. The maximum Gasteiger partial charge on any atom is 0.253 e. The average molecular weight is 403 g/mol. The molecule has 1 aliphatic carbocycles. The molecule has 30 heavy (non-hydrogen) atoms. The van der Waals surface area contributed by atoms with Gasteiger partial charge in [-0.25, -0.2) is 0 Å². The lowest BCUT2D eigenvalue weighted by atomic mass is 9.98. The van der Waals surface area contributed by atoms with Crippen molar-refractivity contribution in [3.63, 3.8) is 0 Å². The second-order valence-electron chi connectivity index (χ2n) is 8.67. The Labute approximate surface area is 181 Å². The molecule has 0 aromatic heterocycles. The topological polar surface area (TPSA) is 23.6 Å². The van der Waals surface area contributed by atoms with Gasteiger partial charge in [0.25, 0.3) is 5.91 Å². The lowest BCUT2D eigenvalue weighted by Crippen LogP contribution is -2.31. The van der Waals surface area contributed by atoms with Gasteiger partial charge in [-0.3, -0.25) is 4.79 Å². The van der Waals surface area contributed by atoms with Crippen molar-refractivity contribution in [3.05, 3.63) is 70.8 Å². The highest BCUT2D eigenvalue weighted by Gasteiger charge is 2.24. The maximum atomic E-state index is 12.5. The normalized spacial score (nSPS) is 16.5. The van der Waals surface area contributed by atoms with Gasteiger partial charge in [0.15, 0.2) is 0 Å². The van der Waals surface area contributed by atoms with Crippen LogP contribution < -0.4 is 4.90 Å². The van der Waals surface area contributed by atoms with Gasteiger partial charge in [0.05, 0.1) is 0 Å². The largest absolute Gasteiger partial charge is 0.371 e. The van der Waals surface area contributed by atoms with Crippen LogP contribution in [0, 0.1) is 5.92 Å². The molecule has 2 aliphatic rings. The number of hydrogen-bond donors (Lipinski definition) is 0. The molecule has 1 aliphatic heterocycles. The van der Waals surface area contributed by atoms with E-state index in [0.717, 1.165) is 50.5 Å². The van der Waals surface area contributed by atoms with E-state index in [1.165, 1.54) is 41.6 Å². The van der Waals surface area contributed by atoms with Crippen molar-refractivity contribution in [3.8, 4) is 0 Å². The summed E-state index contributed by atoms with van der Waals surface area (Å²) in [7, 11) is 0. The summed E-state index contributed by atoms with van der Waals surface area (Å²) in [6.45, 7) is 7.73. The van der Waals surface area contributed by atoms with Crippen LogP contribution in [0.3, 0.4) is 0 Å². The summed E-state index contributed by atoms with van der Waals surface area (Å²) in [5.74, 6) is 1.04. The number of carbonyl (C=O) groups excluding carboxylic acids is 1. The molecule has 4 rings (SSSR count). The number of rotatable bonds is 7. The van der Waals surface area contributed by atoms with E-state index in [9.17, 15) is 4.79 Å². The Morgan fingerprint density at radius 1 is 1.00 bits per heavy atom. The van der Waals surface area contributed by atoms with Crippen molar-refractivity contribution in [2.24, 2.45) is 5.92 Å². The number of piperidine rings is 1. The number of benzene rings is 2. The van der Waals surface area contributed by atoms with Gasteiger partial charge in [-0.05, 0) is 81.2 Å². The molecule has 0 radical (unpaired) electrons. The third kappa shape index (κ3) is 4.95. The second-order valence-corrected chi connectivity index (χ2v) is 8.67. The molecule has 2 aromatic rings. The predicted octanol–water partition coefficient (Wildman–Crippen LogP) is 5.80. The van der Waals surface area contributed by atoms with Gasteiger partial charge in [0.2, 0.25) is 0 Å². The summed E-state index contributed by atoms with van der Waals surface area (Å²) in [4.78, 5) is 16.9. The molecule has 0 N–H and O–H groups in total. The first-order valence-corrected chi connectivity index (χ1v) is 11.6. The zero-order chi connectivity index (χ0) is 20.9. The van der Waals surface area contributed by atoms with Crippen molar-refractivity contribution < 1.29 is 4.79 Å². The van der Waals surface area contributed by atoms with E-state index in [0.29, 0.717) is 0 Å². The van der Waals surface area contributed by atoms with E-state index in [1.807, 2.05) is 30.9 Å². The van der Waals surface area contributed by atoms with Crippen molar-refractivity contribution in [2.45, 2.75) is 46.0 Å². The number of nitrogens with zero attached hydrogens (tertiary/aromatic N) is 2. The molecule has 0 spiro atoms. The smallest absolute Gasteiger partial charge is 0.253 e. The molecule has 0 unspecified atom stereocenters. The summed E-state index contributed by atoms with van der Waals surface area (Å²) in [5.41, 5.74) is 6.46. The average Bonchev–Trinajstić information content (AvgIpc) is 3.60. The van der Waals surface area contributed by atoms with Crippen LogP contribution in [0.15, 0.2) is 54.1 Å². The SMILES string of the molecule is CCN(CC)C(=O)c1ccc(C=C2CCN(c3ccccc3CC3CC3)CC2)cc1. The van der Waals surface area contributed by atoms with Gasteiger partial charge >= 0.3 is 0 Å². The molecule has 3 nitrogen and oxygen atoms in total. The van der Waals surface area contributed by atoms with Crippen LogP contribution in [0.4, 0.5) is 5.69 Å². The van der Waals surface area contributed by atoms with E-state index in [1.54, 1.807) is 0 Å². The van der Waals surface area contributed by atoms with Crippen LogP contribution >= 0.6 is 0 Å². The van der Waals surface area contributed by atoms with Crippen LogP contribution in [-0.2, 0) is 6.42 Å². The van der Waals surface area contributed by atoms with Crippen molar-refractivity contribution in [1.29, 1.82) is 0 Å². The van der Waals surface area contributed by atoms with Gasteiger partial charge in [-0.1, -0.05) is 42.0 Å². The third-order valence-electron chi connectivity index (χ3n) is 6.52. The second kappa shape index (κ2) is 9.51. The monoisotopic (exact) mass is 402 g/mol. The highest BCUT2D eigenvalue weighted by Crippen LogP contribution is 2.36. The van der Waals surface area contributed by atoms with E-state index >= 15 is 0 Å². The highest BCUT2D eigenvalue weighted by molar-refractivity contribution is 5.94. The summed E-state index contributed by atoms with van der Waals surface area (Å²) < 4.78 is 0. The Bertz CT molecular complexity index is 881. The summed E-state index contributed by atoms with van der Waals surface area (Å²) in [6, 6.07) is 17.1. The van der Waals surface area contributed by atoms with Crippen LogP contribution in [-0.4, -0.2) is 37.0 Å². The van der Waals surface area contributed by atoms with Gasteiger partial charge in [-0.2, -0.15) is 0 Å². The molecule has 2 fully saturated rings. The van der Waals surface area contributed by atoms with Gasteiger partial charge < -0.3 is 9.80 Å². The highest BCUT2D eigenvalue weighted by atomic mass is 16.2. The lowest BCUT2D eigenvalue weighted by molar-refractivity contribution is 0.0773. The van der Waals surface area contributed by atoms with Gasteiger partial charge in [0.1, 0.15) is 0 Å². The summed E-state index contributed by atoms with van der Waals surface area (Å²) in [5, 5.41) is 0. The number of amides is 1. The van der Waals surface area contributed by atoms with E-state index in [4.69, 9.17) is 0 Å². The first kappa shape index (κ1) is 20.7. The first-order valence-electron chi connectivity index (χ1n) is 11.6. The molecule has 3 heteroatoms. The fourth-order valence-corrected chi connectivity index (χ4v) is 4.46. The molecule has 1 heterocycles. The minimum Gasteiger partial charge on any atom is -0.371 e. The molecule has 1 saturated heterocycles. The van der Waals surface area contributed by atoms with Crippen LogP contribution in [0.25, 0.3) is 6.08 Å². The van der Waals surface area contributed by atoms with Crippen LogP contribution in [0.2, 0.25) is 0 Å². The molecular formula is C27H34N2O. The first-order chi connectivity index (χ1) is 14.7. The molecule has 0 atom stereocenters. The lowest BCUT2D eigenvalue weighted by Gasteiger charge is -2.32. The van der Waals surface area contributed by atoms with Gasteiger partial charge in [0, 0.05) is 37.4 Å².